The molecule has 0 spiro atoms. The first kappa shape index (κ1) is 13.8. The Hall–Kier alpha value is -2.14. The smallest absolute Gasteiger partial charge is 0.169 e. The van der Waals surface area contributed by atoms with Crippen molar-refractivity contribution in [2.75, 3.05) is 0 Å². The van der Waals surface area contributed by atoms with Crippen LogP contribution in [0.1, 0.15) is 25.1 Å². The Labute approximate surface area is 128 Å². The van der Waals surface area contributed by atoms with E-state index in [2.05, 4.69) is 24.9 Å². The van der Waals surface area contributed by atoms with Gasteiger partial charge in [0.05, 0.1) is 0 Å². The third-order valence-corrected chi connectivity index (χ3v) is 3.48. The van der Waals surface area contributed by atoms with Gasteiger partial charge in [-0.2, -0.15) is 0 Å². The highest BCUT2D eigenvalue weighted by atomic mass is 32.1. The molecule has 1 aromatic heterocycles. The van der Waals surface area contributed by atoms with Crippen molar-refractivity contribution in [2.45, 2.75) is 25.9 Å². The standard InChI is InChI=1S/C16H16N2O2S/c1-16(2)9-10-4-3-5-13(14(10)20-16)19-11-6-7-18-12(8-11)15(17)21/h3-8H,9H2,1-2H3,(H2,17,21). The van der Waals surface area contributed by atoms with E-state index in [1.54, 1.807) is 18.3 Å². The summed E-state index contributed by atoms with van der Waals surface area (Å²) in [7, 11) is 0. The summed E-state index contributed by atoms with van der Waals surface area (Å²) in [5.41, 5.74) is 7.08. The maximum atomic E-state index is 5.98. The summed E-state index contributed by atoms with van der Waals surface area (Å²) >= 11 is 4.93. The van der Waals surface area contributed by atoms with Crippen molar-refractivity contribution in [3.05, 3.63) is 47.8 Å². The Balaban J connectivity index is 1.92. The number of aromatic nitrogens is 1. The van der Waals surface area contributed by atoms with E-state index in [1.165, 1.54) is 0 Å². The number of para-hydroxylation sites is 1. The molecule has 3 rings (SSSR count). The Morgan fingerprint density at radius 2 is 2.19 bits per heavy atom. The van der Waals surface area contributed by atoms with E-state index in [9.17, 15) is 0 Å². The van der Waals surface area contributed by atoms with E-state index in [0.717, 1.165) is 17.7 Å². The molecule has 1 aromatic carbocycles. The Morgan fingerprint density at radius 1 is 1.38 bits per heavy atom. The minimum absolute atomic E-state index is 0.204. The molecule has 1 aliphatic rings. The SMILES string of the molecule is CC1(C)Cc2cccc(Oc3ccnc(C(N)=S)c3)c2O1. The summed E-state index contributed by atoms with van der Waals surface area (Å²) < 4.78 is 11.9. The molecule has 2 N–H and O–H groups in total. The number of hydrogen-bond acceptors (Lipinski definition) is 4. The zero-order chi connectivity index (χ0) is 15.0. The van der Waals surface area contributed by atoms with E-state index in [1.807, 2.05) is 12.1 Å². The van der Waals surface area contributed by atoms with Crippen molar-refractivity contribution in [3.8, 4) is 17.2 Å². The number of benzene rings is 1. The lowest BCUT2D eigenvalue weighted by molar-refractivity contribution is 0.135. The molecule has 2 aromatic rings. The summed E-state index contributed by atoms with van der Waals surface area (Å²) in [4.78, 5) is 4.35. The fraction of sp³-hybridized carbons (Fsp3) is 0.250. The molecule has 0 saturated carbocycles. The molecule has 5 heteroatoms. The summed E-state index contributed by atoms with van der Waals surface area (Å²) in [6.45, 7) is 4.13. The van der Waals surface area contributed by atoms with E-state index >= 15 is 0 Å². The second kappa shape index (κ2) is 5.00. The van der Waals surface area contributed by atoms with Crippen LogP contribution >= 0.6 is 12.2 Å². The van der Waals surface area contributed by atoms with Gasteiger partial charge in [-0.15, -0.1) is 0 Å². The van der Waals surface area contributed by atoms with Gasteiger partial charge in [0.25, 0.3) is 0 Å². The van der Waals surface area contributed by atoms with Gasteiger partial charge in [-0.25, -0.2) is 0 Å². The van der Waals surface area contributed by atoms with Crippen molar-refractivity contribution in [2.24, 2.45) is 5.73 Å². The quantitative estimate of drug-likeness (QED) is 0.882. The van der Waals surface area contributed by atoms with Gasteiger partial charge in [-0.05, 0) is 26.0 Å². The van der Waals surface area contributed by atoms with Crippen molar-refractivity contribution in [3.63, 3.8) is 0 Å². The lowest BCUT2D eigenvalue weighted by Crippen LogP contribution is -2.24. The van der Waals surface area contributed by atoms with Crippen molar-refractivity contribution >= 4 is 17.2 Å². The van der Waals surface area contributed by atoms with Crippen LogP contribution in [-0.4, -0.2) is 15.6 Å². The predicted octanol–water partition coefficient (Wildman–Crippen LogP) is 3.22. The second-order valence-electron chi connectivity index (χ2n) is 5.63. The topological polar surface area (TPSA) is 57.4 Å². The first-order chi connectivity index (χ1) is 9.94. The number of pyridine rings is 1. The fourth-order valence-electron chi connectivity index (χ4n) is 2.40. The first-order valence-electron chi connectivity index (χ1n) is 6.69. The van der Waals surface area contributed by atoms with Crippen LogP contribution in [-0.2, 0) is 6.42 Å². The van der Waals surface area contributed by atoms with Crippen molar-refractivity contribution in [1.82, 2.24) is 4.98 Å². The molecule has 1 aliphatic heterocycles. The Bertz CT molecular complexity index is 713. The molecule has 0 bridgehead atoms. The van der Waals surface area contributed by atoms with Crippen LogP contribution in [0.25, 0.3) is 0 Å². The molecule has 0 unspecified atom stereocenters. The lowest BCUT2D eigenvalue weighted by atomic mass is 10.0. The van der Waals surface area contributed by atoms with Crippen LogP contribution in [0.15, 0.2) is 36.5 Å². The molecular formula is C16H16N2O2S. The number of rotatable bonds is 3. The number of nitrogens with two attached hydrogens (primary N) is 1. The van der Waals surface area contributed by atoms with E-state index < -0.39 is 0 Å². The lowest BCUT2D eigenvalue weighted by Gasteiger charge is -2.18. The molecule has 2 heterocycles. The van der Waals surface area contributed by atoms with Gasteiger partial charge in [0.1, 0.15) is 22.0 Å². The highest BCUT2D eigenvalue weighted by Gasteiger charge is 2.32. The molecule has 0 atom stereocenters. The van der Waals surface area contributed by atoms with Gasteiger partial charge < -0.3 is 15.2 Å². The molecule has 0 aliphatic carbocycles. The number of fused-ring (bicyclic) bond motifs is 1. The second-order valence-corrected chi connectivity index (χ2v) is 6.07. The number of ether oxygens (including phenoxy) is 2. The van der Waals surface area contributed by atoms with Crippen LogP contribution in [0, 0.1) is 0 Å². The summed E-state index contributed by atoms with van der Waals surface area (Å²) in [5.74, 6) is 2.13. The van der Waals surface area contributed by atoms with Gasteiger partial charge in [0.2, 0.25) is 0 Å². The minimum atomic E-state index is -0.204. The van der Waals surface area contributed by atoms with Crippen LogP contribution in [0.4, 0.5) is 0 Å². The summed E-state index contributed by atoms with van der Waals surface area (Å²) in [5, 5.41) is 0. The third-order valence-electron chi connectivity index (χ3n) is 3.27. The zero-order valence-corrected chi connectivity index (χ0v) is 12.7. The Kier molecular flexibility index (Phi) is 3.29. The normalized spacial score (nSPS) is 15.1. The van der Waals surface area contributed by atoms with Crippen molar-refractivity contribution < 1.29 is 9.47 Å². The van der Waals surface area contributed by atoms with Gasteiger partial charge in [0, 0.05) is 24.2 Å². The highest BCUT2D eigenvalue weighted by Crippen LogP contribution is 2.43. The van der Waals surface area contributed by atoms with E-state index in [4.69, 9.17) is 27.4 Å². The average Bonchev–Trinajstić information content (AvgIpc) is 2.74. The van der Waals surface area contributed by atoms with Crippen LogP contribution in [0.5, 0.6) is 17.2 Å². The van der Waals surface area contributed by atoms with Gasteiger partial charge in [0.15, 0.2) is 11.5 Å². The largest absolute Gasteiger partial charge is 0.483 e. The molecule has 0 amide bonds. The van der Waals surface area contributed by atoms with Crippen molar-refractivity contribution in [1.29, 1.82) is 0 Å². The average molecular weight is 300 g/mol. The maximum absolute atomic E-state index is 5.98. The summed E-state index contributed by atoms with van der Waals surface area (Å²) in [6.07, 6.45) is 2.49. The molecular weight excluding hydrogens is 284 g/mol. The highest BCUT2D eigenvalue weighted by molar-refractivity contribution is 7.80. The molecule has 0 radical (unpaired) electrons. The maximum Gasteiger partial charge on any atom is 0.169 e. The van der Waals surface area contributed by atoms with Gasteiger partial charge in [-0.1, -0.05) is 24.4 Å². The fourth-order valence-corrected chi connectivity index (χ4v) is 2.52. The number of thiocarbonyl (C=S) groups is 1. The predicted molar refractivity (Wildman–Crippen MR) is 85.1 cm³/mol. The first-order valence-corrected chi connectivity index (χ1v) is 7.10. The number of nitrogens with zero attached hydrogens (tertiary/aromatic N) is 1. The minimum Gasteiger partial charge on any atom is -0.483 e. The van der Waals surface area contributed by atoms with Crippen LogP contribution in [0.2, 0.25) is 0 Å². The molecule has 108 valence electrons. The third kappa shape index (κ3) is 2.83. The molecule has 4 nitrogen and oxygen atoms in total. The monoisotopic (exact) mass is 300 g/mol. The van der Waals surface area contributed by atoms with Gasteiger partial charge >= 0.3 is 0 Å². The van der Waals surface area contributed by atoms with Crippen LogP contribution < -0.4 is 15.2 Å². The zero-order valence-electron chi connectivity index (χ0n) is 11.9. The van der Waals surface area contributed by atoms with Gasteiger partial charge in [-0.3, -0.25) is 4.98 Å². The molecule has 0 saturated heterocycles. The molecule has 21 heavy (non-hydrogen) atoms. The van der Waals surface area contributed by atoms with Crippen LogP contribution in [0.3, 0.4) is 0 Å². The summed E-state index contributed by atoms with van der Waals surface area (Å²) in [6, 6.07) is 9.41. The Morgan fingerprint density at radius 3 is 2.95 bits per heavy atom. The molecule has 0 fully saturated rings. The van der Waals surface area contributed by atoms with E-state index in [0.29, 0.717) is 17.2 Å². The number of hydrogen-bond donors (Lipinski definition) is 1. The van der Waals surface area contributed by atoms with E-state index in [-0.39, 0.29) is 10.6 Å².